The number of amides is 1. The molecule has 0 aliphatic carbocycles. The Bertz CT molecular complexity index is 479. The molecule has 2 rings (SSSR count). The lowest BCUT2D eigenvalue weighted by atomic mass is 9.97. The van der Waals surface area contributed by atoms with Gasteiger partial charge >= 0.3 is 5.97 Å². The van der Waals surface area contributed by atoms with Gasteiger partial charge in [-0.25, -0.2) is 4.79 Å². The number of hydrogen-bond donors (Lipinski definition) is 1. The van der Waals surface area contributed by atoms with Crippen LogP contribution in [-0.4, -0.2) is 35.0 Å². The molecule has 1 aliphatic heterocycles. The van der Waals surface area contributed by atoms with Gasteiger partial charge in [-0.3, -0.25) is 4.79 Å². The minimum Gasteiger partial charge on any atom is -0.478 e. The zero-order chi connectivity index (χ0) is 14.0. The Kier molecular flexibility index (Phi) is 3.88. The van der Waals surface area contributed by atoms with E-state index in [0.717, 1.165) is 25.1 Å². The molecule has 0 saturated carbocycles. The van der Waals surface area contributed by atoms with E-state index in [-0.39, 0.29) is 11.8 Å². The highest BCUT2D eigenvalue weighted by Gasteiger charge is 2.28. The highest BCUT2D eigenvalue weighted by molar-refractivity contribution is 5.87. The van der Waals surface area contributed by atoms with Gasteiger partial charge in [0.1, 0.15) is 0 Å². The van der Waals surface area contributed by atoms with Gasteiger partial charge < -0.3 is 10.0 Å². The van der Waals surface area contributed by atoms with Crippen molar-refractivity contribution in [2.45, 2.75) is 26.2 Å². The molecular formula is C15H19NO3. The molecule has 0 spiro atoms. The van der Waals surface area contributed by atoms with E-state index in [9.17, 15) is 9.59 Å². The highest BCUT2D eigenvalue weighted by atomic mass is 16.4. The standard InChI is InChI=1S/C15H19NO3/c1-10(2)14(17)16-8-7-13(9-16)11-3-5-12(6-4-11)15(18)19/h3-6,10,13H,7-9H2,1-2H3,(H,18,19). The van der Waals surface area contributed by atoms with E-state index >= 15 is 0 Å². The fraction of sp³-hybridized carbons (Fsp3) is 0.467. The van der Waals surface area contributed by atoms with Gasteiger partial charge in [0.2, 0.25) is 5.91 Å². The molecule has 1 saturated heterocycles. The summed E-state index contributed by atoms with van der Waals surface area (Å²) < 4.78 is 0. The lowest BCUT2D eigenvalue weighted by Crippen LogP contribution is -2.31. The predicted molar refractivity (Wildman–Crippen MR) is 72.2 cm³/mol. The number of hydrogen-bond acceptors (Lipinski definition) is 2. The van der Waals surface area contributed by atoms with Crippen LogP contribution in [0.15, 0.2) is 24.3 Å². The molecule has 0 aromatic heterocycles. The van der Waals surface area contributed by atoms with E-state index < -0.39 is 5.97 Å². The first-order valence-electron chi connectivity index (χ1n) is 6.61. The molecular weight excluding hydrogens is 242 g/mol. The van der Waals surface area contributed by atoms with Crippen LogP contribution in [0.3, 0.4) is 0 Å². The normalized spacial score (nSPS) is 18.9. The maximum Gasteiger partial charge on any atom is 0.335 e. The molecule has 1 amide bonds. The van der Waals surface area contributed by atoms with E-state index in [1.807, 2.05) is 30.9 Å². The summed E-state index contributed by atoms with van der Waals surface area (Å²) in [5.74, 6) is -0.349. The van der Waals surface area contributed by atoms with Gasteiger partial charge in [-0.15, -0.1) is 0 Å². The zero-order valence-electron chi connectivity index (χ0n) is 11.3. The number of aromatic carboxylic acids is 1. The van der Waals surface area contributed by atoms with Gasteiger partial charge in [0.05, 0.1) is 5.56 Å². The maximum atomic E-state index is 11.9. The summed E-state index contributed by atoms with van der Waals surface area (Å²) in [5, 5.41) is 8.86. The van der Waals surface area contributed by atoms with Crippen molar-refractivity contribution in [3.05, 3.63) is 35.4 Å². The van der Waals surface area contributed by atoms with Crippen molar-refractivity contribution in [2.24, 2.45) is 5.92 Å². The average molecular weight is 261 g/mol. The lowest BCUT2D eigenvalue weighted by Gasteiger charge is -2.18. The fourth-order valence-corrected chi connectivity index (χ4v) is 2.50. The molecule has 1 fully saturated rings. The van der Waals surface area contributed by atoms with Gasteiger partial charge in [0, 0.05) is 24.9 Å². The van der Waals surface area contributed by atoms with Gasteiger partial charge in [0.25, 0.3) is 0 Å². The Hall–Kier alpha value is -1.84. The van der Waals surface area contributed by atoms with Crippen molar-refractivity contribution < 1.29 is 14.7 Å². The number of rotatable bonds is 3. The summed E-state index contributed by atoms with van der Waals surface area (Å²) in [7, 11) is 0. The summed E-state index contributed by atoms with van der Waals surface area (Å²) >= 11 is 0. The van der Waals surface area contributed by atoms with Crippen molar-refractivity contribution in [3.8, 4) is 0 Å². The molecule has 0 radical (unpaired) electrons. The smallest absolute Gasteiger partial charge is 0.335 e. The van der Waals surface area contributed by atoms with Crippen LogP contribution in [0.4, 0.5) is 0 Å². The third-order valence-electron chi connectivity index (χ3n) is 3.62. The first-order chi connectivity index (χ1) is 8.99. The number of carboxylic acids is 1. The first-order valence-corrected chi connectivity index (χ1v) is 6.61. The van der Waals surface area contributed by atoms with Gasteiger partial charge in [0.15, 0.2) is 0 Å². The SMILES string of the molecule is CC(C)C(=O)N1CCC(c2ccc(C(=O)O)cc2)C1. The minimum absolute atomic E-state index is 0.0353. The lowest BCUT2D eigenvalue weighted by molar-refractivity contribution is -0.133. The third kappa shape index (κ3) is 2.95. The van der Waals surface area contributed by atoms with Crippen molar-refractivity contribution in [3.63, 3.8) is 0 Å². The molecule has 1 atom stereocenters. The molecule has 1 aromatic rings. The number of likely N-dealkylation sites (tertiary alicyclic amines) is 1. The second kappa shape index (κ2) is 5.43. The first kappa shape index (κ1) is 13.6. The molecule has 1 aliphatic rings. The molecule has 4 nitrogen and oxygen atoms in total. The van der Waals surface area contributed by atoms with Crippen LogP contribution in [-0.2, 0) is 4.79 Å². The van der Waals surface area contributed by atoms with E-state index in [4.69, 9.17) is 5.11 Å². The summed E-state index contributed by atoms with van der Waals surface area (Å²) in [6, 6.07) is 6.98. The van der Waals surface area contributed by atoms with E-state index in [1.165, 1.54) is 0 Å². The molecule has 102 valence electrons. The highest BCUT2D eigenvalue weighted by Crippen LogP contribution is 2.28. The zero-order valence-corrected chi connectivity index (χ0v) is 11.3. The fourth-order valence-electron chi connectivity index (χ4n) is 2.50. The molecule has 1 heterocycles. The number of benzene rings is 1. The quantitative estimate of drug-likeness (QED) is 0.908. The predicted octanol–water partition coefficient (Wildman–Crippen LogP) is 2.36. The van der Waals surface area contributed by atoms with Crippen molar-refractivity contribution in [2.75, 3.05) is 13.1 Å². The number of nitrogens with zero attached hydrogens (tertiary/aromatic N) is 1. The Morgan fingerprint density at radius 3 is 2.42 bits per heavy atom. The van der Waals surface area contributed by atoms with Crippen molar-refractivity contribution >= 4 is 11.9 Å². The molecule has 1 unspecified atom stereocenters. The number of carbonyl (C=O) groups excluding carboxylic acids is 1. The maximum absolute atomic E-state index is 11.9. The Morgan fingerprint density at radius 2 is 1.89 bits per heavy atom. The Balaban J connectivity index is 2.04. The van der Waals surface area contributed by atoms with Crippen LogP contribution in [0.2, 0.25) is 0 Å². The monoisotopic (exact) mass is 261 g/mol. The Morgan fingerprint density at radius 1 is 1.26 bits per heavy atom. The number of carboxylic acid groups (broad SMARTS) is 1. The largest absolute Gasteiger partial charge is 0.478 e. The topological polar surface area (TPSA) is 57.6 Å². The third-order valence-corrected chi connectivity index (χ3v) is 3.62. The molecule has 4 heteroatoms. The van der Waals surface area contributed by atoms with E-state index in [1.54, 1.807) is 12.1 Å². The minimum atomic E-state index is -0.908. The van der Waals surface area contributed by atoms with Crippen LogP contribution in [0.1, 0.15) is 42.1 Å². The molecule has 19 heavy (non-hydrogen) atoms. The van der Waals surface area contributed by atoms with Crippen LogP contribution >= 0.6 is 0 Å². The van der Waals surface area contributed by atoms with Gasteiger partial charge in [-0.1, -0.05) is 26.0 Å². The van der Waals surface area contributed by atoms with Crippen LogP contribution in [0, 0.1) is 5.92 Å². The van der Waals surface area contributed by atoms with Crippen LogP contribution in [0.25, 0.3) is 0 Å². The summed E-state index contributed by atoms with van der Waals surface area (Å²) in [6.07, 6.45) is 0.949. The van der Waals surface area contributed by atoms with Crippen molar-refractivity contribution in [1.82, 2.24) is 4.90 Å². The van der Waals surface area contributed by atoms with Gasteiger partial charge in [-0.2, -0.15) is 0 Å². The molecule has 0 bridgehead atoms. The van der Waals surface area contributed by atoms with E-state index in [0.29, 0.717) is 11.5 Å². The summed E-state index contributed by atoms with van der Waals surface area (Å²) in [5.41, 5.74) is 1.42. The molecule has 1 N–H and O–H groups in total. The summed E-state index contributed by atoms with van der Waals surface area (Å²) in [4.78, 5) is 24.6. The Labute approximate surface area is 113 Å². The van der Waals surface area contributed by atoms with Crippen molar-refractivity contribution in [1.29, 1.82) is 0 Å². The molecule has 1 aromatic carbocycles. The average Bonchev–Trinajstić information content (AvgIpc) is 2.87. The number of carbonyl (C=O) groups is 2. The van der Waals surface area contributed by atoms with Gasteiger partial charge in [-0.05, 0) is 24.1 Å². The van der Waals surface area contributed by atoms with Crippen LogP contribution in [0.5, 0.6) is 0 Å². The van der Waals surface area contributed by atoms with E-state index in [2.05, 4.69) is 0 Å². The second-order valence-corrected chi connectivity index (χ2v) is 5.35. The van der Waals surface area contributed by atoms with Crippen LogP contribution < -0.4 is 0 Å². The summed E-state index contributed by atoms with van der Waals surface area (Å²) in [6.45, 7) is 5.36. The second-order valence-electron chi connectivity index (χ2n) is 5.35.